The number of hydrogen-bond donors (Lipinski definition) is 0. The fourth-order valence-electron chi connectivity index (χ4n) is 0.438. The van der Waals surface area contributed by atoms with Crippen molar-refractivity contribution in [2.24, 2.45) is 0 Å². The molecule has 0 heterocycles. The molecule has 0 aliphatic carbocycles. The van der Waals surface area contributed by atoms with Crippen LogP contribution in [0, 0.1) is 0 Å². The molecule has 0 saturated carbocycles. The molecule has 0 aliphatic rings. The van der Waals surface area contributed by atoms with Gasteiger partial charge in [-0.25, -0.2) is 0 Å². The van der Waals surface area contributed by atoms with Gasteiger partial charge in [-0.05, 0) is 0 Å². The molecule has 1 aromatic carbocycles. The van der Waals surface area contributed by atoms with Crippen LogP contribution in [-0.4, -0.2) is 16.0 Å². The van der Waals surface area contributed by atoms with Crippen molar-refractivity contribution < 1.29 is 0 Å². The van der Waals surface area contributed by atoms with E-state index in [2.05, 4.69) is 28.1 Å². The molecule has 1 aromatic rings. The molecule has 0 radical (unpaired) electrons. The third kappa shape index (κ3) is 1.34. The van der Waals surface area contributed by atoms with Gasteiger partial charge in [0.05, 0.1) is 0 Å². The van der Waals surface area contributed by atoms with Gasteiger partial charge in [-0.2, -0.15) is 0 Å². The SMILES string of the molecule is [SeH2+]c1ccccc1. The molecule has 0 aromatic heterocycles. The summed E-state index contributed by atoms with van der Waals surface area (Å²) >= 11 is 2.08. The molecule has 1 rings (SSSR count). The van der Waals surface area contributed by atoms with Crippen molar-refractivity contribution in [3.05, 3.63) is 30.3 Å². The van der Waals surface area contributed by atoms with Gasteiger partial charge in [-0.1, -0.05) is 0 Å². The Morgan fingerprint density at radius 1 is 1.00 bits per heavy atom. The second-order valence-electron chi connectivity index (χ2n) is 1.37. The first kappa shape index (κ1) is 4.89. The van der Waals surface area contributed by atoms with Gasteiger partial charge >= 0.3 is 50.8 Å². The van der Waals surface area contributed by atoms with Gasteiger partial charge < -0.3 is 0 Å². The van der Waals surface area contributed by atoms with Crippen molar-refractivity contribution in [1.29, 1.82) is 0 Å². The Labute approximate surface area is 51.4 Å². The summed E-state index contributed by atoms with van der Waals surface area (Å²) in [6.45, 7) is 0. The third-order valence-corrected chi connectivity index (χ3v) is 1.47. The topological polar surface area (TPSA) is 0 Å². The third-order valence-electron chi connectivity index (χ3n) is 0.774. The van der Waals surface area contributed by atoms with Crippen molar-refractivity contribution in [3.63, 3.8) is 0 Å². The van der Waals surface area contributed by atoms with E-state index >= 15 is 0 Å². The van der Waals surface area contributed by atoms with Crippen LogP contribution in [0.4, 0.5) is 0 Å². The van der Waals surface area contributed by atoms with Crippen LogP contribution < -0.4 is 4.46 Å². The van der Waals surface area contributed by atoms with Crippen LogP contribution >= 0.6 is 0 Å². The van der Waals surface area contributed by atoms with Gasteiger partial charge in [-0.15, -0.1) is 0 Å². The standard InChI is InChI=1S/C6H6Se/c7-6-4-2-1-3-5-6/h1-5,7H/p+1. The Hall–Kier alpha value is -0.261. The molecule has 0 aliphatic heterocycles. The maximum atomic E-state index is 2.08. The first-order chi connectivity index (χ1) is 3.39. The van der Waals surface area contributed by atoms with Crippen LogP contribution in [0.25, 0.3) is 0 Å². The van der Waals surface area contributed by atoms with Crippen molar-refractivity contribution in [2.45, 2.75) is 0 Å². The number of rotatable bonds is 0. The molecular formula is C6H7Se+. The van der Waals surface area contributed by atoms with E-state index in [1.54, 1.807) is 0 Å². The van der Waals surface area contributed by atoms with E-state index in [0.29, 0.717) is 0 Å². The van der Waals surface area contributed by atoms with E-state index in [-0.39, 0.29) is 0 Å². The van der Waals surface area contributed by atoms with E-state index in [1.807, 2.05) is 18.2 Å². The van der Waals surface area contributed by atoms with Gasteiger partial charge in [0.25, 0.3) is 0 Å². The van der Waals surface area contributed by atoms with Crippen LogP contribution in [0.5, 0.6) is 0 Å². The molecule has 7 heavy (non-hydrogen) atoms. The molecule has 0 fully saturated rings. The molecular weight excluding hydrogens is 151 g/mol. The Kier molecular flexibility index (Phi) is 1.50. The number of benzene rings is 1. The van der Waals surface area contributed by atoms with Gasteiger partial charge in [0.1, 0.15) is 0 Å². The first-order valence-electron chi connectivity index (χ1n) is 2.16. The van der Waals surface area contributed by atoms with Gasteiger partial charge in [0.15, 0.2) is 0 Å². The summed E-state index contributed by atoms with van der Waals surface area (Å²) in [5.74, 6) is 0. The molecule has 0 bridgehead atoms. The summed E-state index contributed by atoms with van der Waals surface area (Å²) in [5.41, 5.74) is 0. The zero-order chi connectivity index (χ0) is 5.11. The molecule has 0 unspecified atom stereocenters. The molecule has 0 spiro atoms. The average Bonchev–Trinajstić information content (AvgIpc) is 1.69. The van der Waals surface area contributed by atoms with E-state index < -0.39 is 0 Å². The van der Waals surface area contributed by atoms with Crippen molar-refractivity contribution in [3.8, 4) is 0 Å². The van der Waals surface area contributed by atoms with Crippen LogP contribution in [0.2, 0.25) is 0 Å². The maximum absolute atomic E-state index is 2.08. The fraction of sp³-hybridized carbons (Fsp3) is 0. The zero-order valence-corrected chi connectivity index (χ0v) is 5.98. The summed E-state index contributed by atoms with van der Waals surface area (Å²) in [4.78, 5) is 0. The molecule has 0 atom stereocenters. The van der Waals surface area contributed by atoms with Crippen LogP contribution in [-0.2, 0) is 0 Å². The molecule has 0 amide bonds. The van der Waals surface area contributed by atoms with E-state index in [4.69, 9.17) is 0 Å². The zero-order valence-electron chi connectivity index (χ0n) is 3.89. The van der Waals surface area contributed by atoms with Gasteiger partial charge in [0, 0.05) is 0 Å². The second-order valence-corrected chi connectivity index (χ2v) is 2.58. The Bertz CT molecular complexity index is 134. The van der Waals surface area contributed by atoms with E-state index in [0.717, 1.165) is 0 Å². The predicted molar refractivity (Wildman–Crippen MR) is 34.6 cm³/mol. The molecule has 0 saturated heterocycles. The first-order valence-corrected chi connectivity index (χ1v) is 3.21. The molecule has 0 nitrogen and oxygen atoms in total. The predicted octanol–water partition coefficient (Wildman–Crippen LogP) is -0.0550. The minimum absolute atomic E-state index is 1.32. The van der Waals surface area contributed by atoms with Crippen molar-refractivity contribution in [2.75, 3.05) is 0 Å². The summed E-state index contributed by atoms with van der Waals surface area (Å²) in [6, 6.07) is 10.3. The average molecular weight is 158 g/mol. The summed E-state index contributed by atoms with van der Waals surface area (Å²) < 4.78 is 1.32. The second kappa shape index (κ2) is 2.15. The van der Waals surface area contributed by atoms with E-state index in [9.17, 15) is 0 Å². The van der Waals surface area contributed by atoms with Crippen molar-refractivity contribution in [1.82, 2.24) is 0 Å². The Balaban J connectivity index is 3.02. The Morgan fingerprint density at radius 3 is 1.86 bits per heavy atom. The van der Waals surface area contributed by atoms with Crippen LogP contribution in [0.15, 0.2) is 30.3 Å². The Morgan fingerprint density at radius 2 is 1.57 bits per heavy atom. The number of hydrogen-bond acceptors (Lipinski definition) is 0. The molecule has 1 heteroatoms. The molecule has 36 valence electrons. The summed E-state index contributed by atoms with van der Waals surface area (Å²) in [7, 11) is 0. The van der Waals surface area contributed by atoms with Crippen LogP contribution in [0.1, 0.15) is 0 Å². The quantitative estimate of drug-likeness (QED) is 0.464. The molecule has 0 N–H and O–H groups in total. The van der Waals surface area contributed by atoms with Gasteiger partial charge in [0.2, 0.25) is 0 Å². The normalized spacial score (nSPS) is 8.71. The van der Waals surface area contributed by atoms with Gasteiger partial charge in [-0.3, -0.25) is 0 Å². The monoisotopic (exact) mass is 159 g/mol. The minimum atomic E-state index is 1.32. The summed E-state index contributed by atoms with van der Waals surface area (Å²) in [5, 5.41) is 0. The summed E-state index contributed by atoms with van der Waals surface area (Å²) in [6.07, 6.45) is 0. The fourth-order valence-corrected chi connectivity index (χ4v) is 0.842. The van der Waals surface area contributed by atoms with Crippen LogP contribution in [0.3, 0.4) is 0 Å². The van der Waals surface area contributed by atoms with E-state index in [1.165, 1.54) is 4.46 Å². The van der Waals surface area contributed by atoms with Crippen molar-refractivity contribution >= 4 is 20.5 Å².